The Morgan fingerprint density at radius 1 is 1.42 bits per heavy atom. The van der Waals surface area contributed by atoms with Crippen LogP contribution in [0.25, 0.3) is 5.70 Å². The van der Waals surface area contributed by atoms with E-state index in [-0.39, 0.29) is 5.70 Å². The summed E-state index contributed by atoms with van der Waals surface area (Å²) < 4.78 is 0. The molecule has 0 saturated heterocycles. The lowest BCUT2D eigenvalue weighted by atomic mass is 10.2. The predicted molar refractivity (Wildman–Crippen MR) is 44.6 cm³/mol. The van der Waals surface area contributed by atoms with E-state index in [1.54, 1.807) is 36.2 Å². The molecule has 0 bridgehead atoms. The minimum Gasteiger partial charge on any atom is -0.258 e. The van der Waals surface area contributed by atoms with Crippen molar-refractivity contribution in [2.24, 2.45) is 0 Å². The largest absolute Gasteiger partial charge is 0.336 e. The maximum absolute atomic E-state index is 10.3. The Labute approximate surface area is 68.8 Å². The molecule has 1 rings (SSSR count). The number of hydrogen-bond donors (Lipinski definition) is 1. The molecular weight excluding hydrogens is 156 g/mol. The first kappa shape index (κ1) is 8.17. The Kier molecular flexibility index (Phi) is 2.35. The summed E-state index contributed by atoms with van der Waals surface area (Å²) in [5, 5.41) is 17.0. The van der Waals surface area contributed by atoms with Gasteiger partial charge in [-0.05, 0) is 12.1 Å². The van der Waals surface area contributed by atoms with Crippen molar-refractivity contribution in [3.63, 3.8) is 0 Å². The summed E-state index contributed by atoms with van der Waals surface area (Å²) in [5.41, 5.74) is 0.0908. The van der Waals surface area contributed by atoms with Crippen molar-refractivity contribution in [2.45, 2.75) is 0 Å². The lowest BCUT2D eigenvalue weighted by Gasteiger charge is -1.92. The van der Waals surface area contributed by atoms with E-state index in [1.807, 2.05) is 0 Å². The van der Waals surface area contributed by atoms with Crippen LogP contribution in [0.4, 0.5) is 0 Å². The number of benzene rings is 1. The SMILES string of the molecule is N=C=C(c1ccccc1)[N+](=O)[O-]. The normalized spacial score (nSPS) is 8.67. The molecule has 60 valence electrons. The standard InChI is InChI=1S/C8H6N2O2/c9-6-8(10(11)12)7-4-2-1-3-5-7/h1-5,9H. The third-order valence-electron chi connectivity index (χ3n) is 1.35. The van der Waals surface area contributed by atoms with Gasteiger partial charge in [-0.1, -0.05) is 18.2 Å². The van der Waals surface area contributed by atoms with Gasteiger partial charge in [-0.2, -0.15) is 0 Å². The van der Waals surface area contributed by atoms with Gasteiger partial charge in [0, 0.05) is 0 Å². The van der Waals surface area contributed by atoms with Crippen molar-refractivity contribution in [3.05, 3.63) is 46.0 Å². The summed E-state index contributed by atoms with van der Waals surface area (Å²) in [6.07, 6.45) is 0. The Balaban J connectivity index is 3.14. The highest BCUT2D eigenvalue weighted by Crippen LogP contribution is 2.10. The van der Waals surface area contributed by atoms with Crippen LogP contribution < -0.4 is 0 Å². The Morgan fingerprint density at radius 3 is 2.42 bits per heavy atom. The number of nitrogens with zero attached hydrogens (tertiary/aromatic N) is 1. The van der Waals surface area contributed by atoms with Gasteiger partial charge < -0.3 is 0 Å². The van der Waals surface area contributed by atoms with Crippen LogP contribution >= 0.6 is 0 Å². The summed E-state index contributed by atoms with van der Waals surface area (Å²) in [6.45, 7) is 0. The first-order chi connectivity index (χ1) is 5.75. The molecule has 4 nitrogen and oxygen atoms in total. The van der Waals surface area contributed by atoms with E-state index in [4.69, 9.17) is 5.41 Å². The first-order valence-corrected chi connectivity index (χ1v) is 3.25. The fraction of sp³-hybridized carbons (Fsp3) is 0. The van der Waals surface area contributed by atoms with E-state index in [9.17, 15) is 10.1 Å². The third-order valence-corrected chi connectivity index (χ3v) is 1.35. The van der Waals surface area contributed by atoms with Crippen LogP contribution in [0.15, 0.2) is 30.3 Å². The van der Waals surface area contributed by atoms with E-state index in [0.717, 1.165) is 0 Å². The molecule has 0 aliphatic carbocycles. The van der Waals surface area contributed by atoms with Crippen molar-refractivity contribution in [2.75, 3.05) is 0 Å². The van der Waals surface area contributed by atoms with Crippen molar-refractivity contribution < 1.29 is 4.92 Å². The van der Waals surface area contributed by atoms with Crippen molar-refractivity contribution in [3.8, 4) is 0 Å². The second kappa shape index (κ2) is 3.46. The van der Waals surface area contributed by atoms with E-state index < -0.39 is 4.92 Å². The molecule has 1 N–H and O–H groups in total. The summed E-state index contributed by atoms with van der Waals surface area (Å²) in [5.74, 6) is 1.79. The fourth-order valence-electron chi connectivity index (χ4n) is 0.819. The summed E-state index contributed by atoms with van der Waals surface area (Å²) in [6, 6.07) is 8.25. The molecule has 1 aromatic carbocycles. The van der Waals surface area contributed by atoms with Gasteiger partial charge in [0.05, 0.1) is 16.4 Å². The molecule has 0 aliphatic rings. The van der Waals surface area contributed by atoms with E-state index in [0.29, 0.717) is 5.56 Å². The lowest BCUT2D eigenvalue weighted by molar-refractivity contribution is -0.373. The second-order valence-corrected chi connectivity index (χ2v) is 2.10. The first-order valence-electron chi connectivity index (χ1n) is 3.25. The number of hydrogen-bond acceptors (Lipinski definition) is 3. The third kappa shape index (κ3) is 1.56. The van der Waals surface area contributed by atoms with Gasteiger partial charge in [0.25, 0.3) is 0 Å². The van der Waals surface area contributed by atoms with E-state index in [1.165, 1.54) is 0 Å². The molecule has 1 aromatic rings. The molecule has 0 radical (unpaired) electrons. The second-order valence-electron chi connectivity index (χ2n) is 2.10. The van der Waals surface area contributed by atoms with E-state index in [2.05, 4.69) is 0 Å². The average Bonchev–Trinajstić information content (AvgIpc) is 2.07. The zero-order valence-electron chi connectivity index (χ0n) is 6.15. The zero-order valence-corrected chi connectivity index (χ0v) is 6.15. The maximum atomic E-state index is 10.3. The van der Waals surface area contributed by atoms with Gasteiger partial charge in [0.15, 0.2) is 0 Å². The van der Waals surface area contributed by atoms with Crippen LogP contribution in [-0.4, -0.2) is 10.8 Å². The minimum absolute atomic E-state index is 0.310. The van der Waals surface area contributed by atoms with Gasteiger partial charge in [-0.3, -0.25) is 15.5 Å². The van der Waals surface area contributed by atoms with Crippen LogP contribution in [0, 0.1) is 15.5 Å². The van der Waals surface area contributed by atoms with Crippen LogP contribution in [0.5, 0.6) is 0 Å². The highest BCUT2D eigenvalue weighted by molar-refractivity contribution is 5.83. The summed E-state index contributed by atoms with van der Waals surface area (Å²) >= 11 is 0. The zero-order chi connectivity index (χ0) is 8.97. The Morgan fingerprint density at radius 2 is 2.00 bits per heavy atom. The molecule has 0 spiro atoms. The molecule has 0 amide bonds. The van der Waals surface area contributed by atoms with Crippen LogP contribution in [0.3, 0.4) is 0 Å². The van der Waals surface area contributed by atoms with Gasteiger partial charge in [-0.25, -0.2) is 0 Å². The van der Waals surface area contributed by atoms with Crippen molar-refractivity contribution in [1.29, 1.82) is 5.41 Å². The molecule has 0 fully saturated rings. The monoisotopic (exact) mass is 162 g/mol. The topological polar surface area (TPSA) is 67.0 Å². The fourth-order valence-corrected chi connectivity index (χ4v) is 0.819. The molecule has 12 heavy (non-hydrogen) atoms. The lowest BCUT2D eigenvalue weighted by Crippen LogP contribution is -1.97. The molecule has 0 aliphatic heterocycles. The number of rotatable bonds is 2. The number of nitro groups is 1. The quantitative estimate of drug-likeness (QED) is 0.407. The molecule has 0 heterocycles. The van der Waals surface area contributed by atoms with Crippen molar-refractivity contribution in [1.82, 2.24) is 0 Å². The van der Waals surface area contributed by atoms with Crippen LogP contribution in [0.1, 0.15) is 5.56 Å². The minimum atomic E-state index is -0.623. The number of nitrogens with one attached hydrogen (secondary N) is 1. The molecule has 0 saturated carbocycles. The average molecular weight is 162 g/mol. The van der Waals surface area contributed by atoms with Gasteiger partial charge in [0.1, 0.15) is 0 Å². The predicted octanol–water partition coefficient (Wildman–Crippen LogP) is 1.55. The molecule has 0 atom stereocenters. The van der Waals surface area contributed by atoms with Crippen LogP contribution in [0.2, 0.25) is 0 Å². The van der Waals surface area contributed by atoms with Gasteiger partial charge in [0.2, 0.25) is 0 Å². The molecular formula is C8H6N2O2. The summed E-state index contributed by atoms with van der Waals surface area (Å²) in [7, 11) is 0. The van der Waals surface area contributed by atoms with Crippen molar-refractivity contribution >= 4 is 11.6 Å². The van der Waals surface area contributed by atoms with Gasteiger partial charge in [-0.15, -0.1) is 0 Å². The molecule has 4 heteroatoms. The summed E-state index contributed by atoms with van der Waals surface area (Å²) in [4.78, 5) is 9.69. The van der Waals surface area contributed by atoms with Crippen LogP contribution in [-0.2, 0) is 0 Å². The highest BCUT2D eigenvalue weighted by Gasteiger charge is 2.11. The smallest absolute Gasteiger partial charge is 0.258 e. The molecule has 0 aromatic heterocycles. The van der Waals surface area contributed by atoms with Gasteiger partial charge >= 0.3 is 5.70 Å². The Bertz CT molecular complexity index is 339. The Hall–Kier alpha value is -1.93. The highest BCUT2D eigenvalue weighted by atomic mass is 16.6. The maximum Gasteiger partial charge on any atom is 0.336 e. The van der Waals surface area contributed by atoms with E-state index >= 15 is 0 Å². The molecule has 0 unspecified atom stereocenters.